The van der Waals surface area contributed by atoms with Crippen molar-refractivity contribution in [2.45, 2.75) is 10.5 Å². The molecule has 2 aliphatic heterocycles. The largest absolute Gasteiger partial charge is 0.382 e. The van der Waals surface area contributed by atoms with Crippen molar-refractivity contribution in [1.82, 2.24) is 16.0 Å². The maximum absolute atomic E-state index is 9.13. The van der Waals surface area contributed by atoms with E-state index in [0.717, 1.165) is 5.70 Å². The van der Waals surface area contributed by atoms with Crippen LogP contribution < -0.4 is 21.7 Å². The summed E-state index contributed by atoms with van der Waals surface area (Å²) in [6.45, 7) is 0. The second-order valence-corrected chi connectivity index (χ2v) is 3.68. The number of aliphatic imine (C=N–C) groups is 1. The molecule has 0 radical (unpaired) electrons. The number of nitrogens with one attached hydrogen (secondary N) is 3. The molecule has 2 aliphatic rings. The summed E-state index contributed by atoms with van der Waals surface area (Å²) < 4.78 is 0.0825. The van der Waals surface area contributed by atoms with Crippen LogP contribution in [0.15, 0.2) is 16.5 Å². The minimum atomic E-state index is -0.945. The van der Waals surface area contributed by atoms with Crippen molar-refractivity contribution in [2.75, 3.05) is 0 Å². The molecular weight excluding hydrogens is 273 g/mol. The van der Waals surface area contributed by atoms with E-state index >= 15 is 0 Å². The molecule has 2 atom stereocenters. The number of rotatable bonds is 0. The standard InChI is InChI=1S/C5H8IN5O/c6-4-8-1-2(7)9-5(12)11-3(1)10-4/h4-5,8,10-12H,(H2,7,9). The predicted molar refractivity (Wildman–Crippen MR) is 51.9 cm³/mol. The second kappa shape index (κ2) is 2.66. The van der Waals surface area contributed by atoms with E-state index < -0.39 is 6.35 Å². The van der Waals surface area contributed by atoms with Crippen LogP contribution in [0.25, 0.3) is 0 Å². The highest BCUT2D eigenvalue weighted by Gasteiger charge is 2.27. The predicted octanol–water partition coefficient (Wildman–Crippen LogP) is -1.70. The Bertz CT molecular complexity index is 275. The highest BCUT2D eigenvalue weighted by molar-refractivity contribution is 14.1. The Morgan fingerprint density at radius 2 is 2.17 bits per heavy atom. The van der Waals surface area contributed by atoms with Gasteiger partial charge in [-0.25, -0.2) is 4.99 Å². The van der Waals surface area contributed by atoms with Crippen molar-refractivity contribution in [3.8, 4) is 0 Å². The lowest BCUT2D eigenvalue weighted by Gasteiger charge is -2.17. The van der Waals surface area contributed by atoms with Gasteiger partial charge in [-0.05, 0) is 22.6 Å². The van der Waals surface area contributed by atoms with E-state index in [4.69, 9.17) is 10.8 Å². The number of hydrogen-bond acceptors (Lipinski definition) is 6. The van der Waals surface area contributed by atoms with E-state index in [1.54, 1.807) is 0 Å². The van der Waals surface area contributed by atoms with Gasteiger partial charge in [0.2, 0.25) is 6.35 Å². The number of nitrogens with two attached hydrogens (primary N) is 1. The zero-order valence-electron chi connectivity index (χ0n) is 6.00. The number of alkyl halides is 1. The van der Waals surface area contributed by atoms with E-state index in [-0.39, 0.29) is 4.17 Å². The minimum absolute atomic E-state index is 0.0825. The maximum atomic E-state index is 9.13. The number of amidine groups is 1. The van der Waals surface area contributed by atoms with Gasteiger partial charge in [-0.2, -0.15) is 0 Å². The Labute approximate surface area is 82.4 Å². The fourth-order valence-corrected chi connectivity index (χ4v) is 1.73. The van der Waals surface area contributed by atoms with Crippen molar-refractivity contribution in [3.05, 3.63) is 11.5 Å². The number of aliphatic hydroxyl groups excluding tert-OH is 1. The molecule has 0 saturated carbocycles. The van der Waals surface area contributed by atoms with E-state index in [1.807, 2.05) is 0 Å². The van der Waals surface area contributed by atoms with E-state index in [0.29, 0.717) is 11.7 Å². The van der Waals surface area contributed by atoms with Crippen LogP contribution in [0.4, 0.5) is 0 Å². The molecule has 12 heavy (non-hydrogen) atoms. The lowest BCUT2D eigenvalue weighted by molar-refractivity contribution is 0.154. The zero-order chi connectivity index (χ0) is 8.72. The van der Waals surface area contributed by atoms with Gasteiger partial charge in [0, 0.05) is 0 Å². The Morgan fingerprint density at radius 1 is 1.42 bits per heavy atom. The molecule has 6 nitrogen and oxygen atoms in total. The molecule has 2 rings (SSSR count). The highest BCUT2D eigenvalue weighted by Crippen LogP contribution is 2.13. The lowest BCUT2D eigenvalue weighted by Crippen LogP contribution is -2.39. The van der Waals surface area contributed by atoms with Crippen molar-refractivity contribution in [1.29, 1.82) is 0 Å². The van der Waals surface area contributed by atoms with Crippen molar-refractivity contribution in [2.24, 2.45) is 10.7 Å². The first-order valence-electron chi connectivity index (χ1n) is 3.36. The Hall–Kier alpha value is -0.700. The van der Waals surface area contributed by atoms with Crippen LogP contribution in [0, 0.1) is 0 Å². The van der Waals surface area contributed by atoms with Gasteiger partial charge in [-0.3, -0.25) is 0 Å². The molecule has 0 bridgehead atoms. The summed E-state index contributed by atoms with van der Waals surface area (Å²) in [5.41, 5.74) is 6.28. The molecule has 0 aromatic rings. The third kappa shape index (κ3) is 1.18. The first-order chi connectivity index (χ1) is 5.66. The minimum Gasteiger partial charge on any atom is -0.382 e. The van der Waals surface area contributed by atoms with Crippen molar-refractivity contribution in [3.63, 3.8) is 0 Å². The molecule has 7 heteroatoms. The average Bonchev–Trinajstić information content (AvgIpc) is 2.29. The molecule has 66 valence electrons. The topological polar surface area (TPSA) is 94.7 Å². The second-order valence-electron chi connectivity index (χ2n) is 2.43. The summed E-state index contributed by atoms with van der Waals surface area (Å²) in [7, 11) is 0. The molecule has 0 fully saturated rings. The summed E-state index contributed by atoms with van der Waals surface area (Å²) in [4.78, 5) is 3.73. The molecular formula is C5H8IN5O. The molecule has 2 unspecified atom stereocenters. The van der Waals surface area contributed by atoms with Gasteiger partial charge in [0.05, 0.1) is 0 Å². The summed E-state index contributed by atoms with van der Waals surface area (Å²) >= 11 is 2.16. The SMILES string of the molecule is NC1=NC(O)NC2=C1NC(I)N2. The third-order valence-electron chi connectivity index (χ3n) is 1.58. The highest BCUT2D eigenvalue weighted by atomic mass is 127. The number of aliphatic hydroxyl groups is 1. The van der Waals surface area contributed by atoms with Crippen LogP contribution in [0.3, 0.4) is 0 Å². The van der Waals surface area contributed by atoms with Crippen LogP contribution in [0.2, 0.25) is 0 Å². The monoisotopic (exact) mass is 281 g/mol. The molecule has 0 aromatic carbocycles. The summed E-state index contributed by atoms with van der Waals surface area (Å²) in [6, 6.07) is 0. The molecule has 0 amide bonds. The summed E-state index contributed by atoms with van der Waals surface area (Å²) in [6.07, 6.45) is -0.945. The number of nitrogens with zero attached hydrogens (tertiary/aromatic N) is 1. The van der Waals surface area contributed by atoms with Gasteiger partial charge in [0.25, 0.3) is 0 Å². The quantitative estimate of drug-likeness (QED) is 0.207. The Balaban J connectivity index is 2.27. The molecule has 2 heterocycles. The Kier molecular flexibility index (Phi) is 1.76. The van der Waals surface area contributed by atoms with Crippen LogP contribution in [-0.2, 0) is 0 Å². The maximum Gasteiger partial charge on any atom is 0.226 e. The van der Waals surface area contributed by atoms with Crippen LogP contribution in [-0.4, -0.2) is 21.5 Å². The van der Waals surface area contributed by atoms with Gasteiger partial charge in [-0.15, -0.1) is 0 Å². The third-order valence-corrected chi connectivity index (χ3v) is 2.21. The summed E-state index contributed by atoms with van der Waals surface area (Å²) in [5.74, 6) is 1.03. The van der Waals surface area contributed by atoms with Gasteiger partial charge in [0.15, 0.2) is 10.0 Å². The lowest BCUT2D eigenvalue weighted by atomic mass is 10.4. The number of hydrogen-bond donors (Lipinski definition) is 5. The van der Waals surface area contributed by atoms with Gasteiger partial charge >= 0.3 is 0 Å². The molecule has 6 N–H and O–H groups in total. The van der Waals surface area contributed by atoms with E-state index in [1.165, 1.54) is 0 Å². The molecule has 0 spiro atoms. The van der Waals surface area contributed by atoms with Crippen molar-refractivity contribution < 1.29 is 5.11 Å². The molecule has 0 aromatic heterocycles. The van der Waals surface area contributed by atoms with Crippen LogP contribution >= 0.6 is 22.6 Å². The normalized spacial score (nSPS) is 33.0. The first-order valence-corrected chi connectivity index (χ1v) is 4.61. The van der Waals surface area contributed by atoms with E-state index in [9.17, 15) is 0 Å². The molecule has 0 saturated heterocycles. The Morgan fingerprint density at radius 3 is 2.92 bits per heavy atom. The summed E-state index contributed by atoms with van der Waals surface area (Å²) in [5, 5.41) is 17.9. The average molecular weight is 281 g/mol. The molecule has 0 aliphatic carbocycles. The van der Waals surface area contributed by atoms with Crippen LogP contribution in [0.5, 0.6) is 0 Å². The fourth-order valence-electron chi connectivity index (χ4n) is 1.11. The van der Waals surface area contributed by atoms with Gasteiger partial charge in [0.1, 0.15) is 11.5 Å². The van der Waals surface area contributed by atoms with Crippen molar-refractivity contribution >= 4 is 28.4 Å². The van der Waals surface area contributed by atoms with Crippen LogP contribution in [0.1, 0.15) is 0 Å². The fraction of sp³-hybridized carbons (Fsp3) is 0.400. The van der Waals surface area contributed by atoms with Gasteiger partial charge in [-0.1, -0.05) is 0 Å². The zero-order valence-corrected chi connectivity index (χ0v) is 8.16. The smallest absolute Gasteiger partial charge is 0.226 e. The first kappa shape index (κ1) is 7.92. The number of halogens is 1. The van der Waals surface area contributed by atoms with E-state index in [2.05, 4.69) is 43.5 Å². The van der Waals surface area contributed by atoms with Gasteiger partial charge < -0.3 is 26.8 Å².